The van der Waals surface area contributed by atoms with E-state index in [1.165, 1.54) is 12.8 Å². The molecule has 1 amide bonds. The molecule has 2 fully saturated rings. The van der Waals surface area contributed by atoms with Gasteiger partial charge in [-0.05, 0) is 49.9 Å². The number of aliphatic hydroxyl groups is 1. The molecule has 1 saturated heterocycles. The fraction of sp³-hybridized carbons (Fsp3) is 0.526. The number of benzene rings is 1. The number of nitrogens with zero attached hydrogens (tertiary/aromatic N) is 3. The first-order chi connectivity index (χ1) is 12.6. The zero-order valence-corrected chi connectivity index (χ0v) is 14.8. The Morgan fingerprint density at radius 1 is 1.23 bits per heavy atom. The highest BCUT2D eigenvalue weighted by Crippen LogP contribution is 2.33. The maximum Gasteiger partial charge on any atom is 0.254 e. The molecule has 7 nitrogen and oxygen atoms in total. The third-order valence-electron chi connectivity index (χ3n) is 5.07. The van der Waals surface area contributed by atoms with E-state index in [2.05, 4.69) is 10.2 Å². The summed E-state index contributed by atoms with van der Waals surface area (Å²) in [5.74, 6) is 1.45. The van der Waals surface area contributed by atoms with Crippen LogP contribution in [-0.2, 0) is 0 Å². The largest absolute Gasteiger partial charge is 0.490 e. The van der Waals surface area contributed by atoms with Gasteiger partial charge in [-0.15, -0.1) is 10.2 Å². The quantitative estimate of drug-likeness (QED) is 0.905. The molecular weight excluding hydrogens is 334 g/mol. The third-order valence-corrected chi connectivity index (χ3v) is 5.07. The molecule has 2 atom stereocenters. The molecule has 0 unspecified atom stereocenters. The number of rotatable bonds is 4. The number of hydrogen-bond acceptors (Lipinski definition) is 6. The number of ether oxygens (including phenoxy) is 1. The van der Waals surface area contributed by atoms with E-state index in [0.29, 0.717) is 23.8 Å². The molecule has 1 aliphatic carbocycles. The van der Waals surface area contributed by atoms with Crippen molar-refractivity contribution in [2.45, 2.75) is 57.3 Å². The van der Waals surface area contributed by atoms with Crippen LogP contribution in [0, 0.1) is 6.92 Å². The SMILES string of the molecule is Cc1nnc([C@H]2C[C@@H](O)CN2C(=O)c2ccc(OC3CCCC3)cc2)o1. The number of hydrogen-bond donors (Lipinski definition) is 1. The van der Waals surface area contributed by atoms with E-state index < -0.39 is 12.1 Å². The van der Waals surface area contributed by atoms with Crippen LogP contribution in [0.2, 0.25) is 0 Å². The fourth-order valence-corrected chi connectivity index (χ4v) is 3.76. The van der Waals surface area contributed by atoms with Crippen LogP contribution < -0.4 is 4.74 Å². The van der Waals surface area contributed by atoms with E-state index in [1.807, 2.05) is 12.1 Å². The van der Waals surface area contributed by atoms with Gasteiger partial charge >= 0.3 is 0 Å². The third kappa shape index (κ3) is 3.44. The molecule has 2 aromatic rings. The molecule has 1 aromatic heterocycles. The summed E-state index contributed by atoms with van der Waals surface area (Å²) < 4.78 is 11.4. The van der Waals surface area contributed by atoms with E-state index in [-0.39, 0.29) is 18.6 Å². The average molecular weight is 357 g/mol. The van der Waals surface area contributed by atoms with E-state index in [9.17, 15) is 9.90 Å². The number of aryl methyl sites for hydroxylation is 1. The van der Waals surface area contributed by atoms with Crippen molar-refractivity contribution < 1.29 is 19.1 Å². The number of carbonyl (C=O) groups is 1. The van der Waals surface area contributed by atoms with Crippen molar-refractivity contribution in [3.05, 3.63) is 41.6 Å². The van der Waals surface area contributed by atoms with Crippen LogP contribution in [0.3, 0.4) is 0 Å². The van der Waals surface area contributed by atoms with Gasteiger partial charge in [0.15, 0.2) is 0 Å². The van der Waals surface area contributed by atoms with Gasteiger partial charge in [0, 0.05) is 25.5 Å². The van der Waals surface area contributed by atoms with Crippen LogP contribution in [0.1, 0.15) is 60.3 Å². The molecule has 0 bridgehead atoms. The van der Waals surface area contributed by atoms with E-state index in [1.54, 1.807) is 24.0 Å². The van der Waals surface area contributed by atoms with Crippen molar-refractivity contribution in [1.29, 1.82) is 0 Å². The first-order valence-corrected chi connectivity index (χ1v) is 9.16. The van der Waals surface area contributed by atoms with Crippen molar-refractivity contribution in [2.24, 2.45) is 0 Å². The van der Waals surface area contributed by atoms with Gasteiger partial charge in [0.2, 0.25) is 11.8 Å². The molecule has 4 rings (SSSR count). The van der Waals surface area contributed by atoms with Crippen LogP contribution in [0.25, 0.3) is 0 Å². The van der Waals surface area contributed by atoms with Gasteiger partial charge in [0.1, 0.15) is 11.8 Å². The number of aliphatic hydroxyl groups excluding tert-OH is 1. The minimum Gasteiger partial charge on any atom is -0.490 e. The molecule has 1 aliphatic heterocycles. The summed E-state index contributed by atoms with van der Waals surface area (Å²) in [6, 6.07) is 6.82. The Labute approximate surface area is 152 Å². The van der Waals surface area contributed by atoms with Crippen molar-refractivity contribution in [3.63, 3.8) is 0 Å². The Morgan fingerprint density at radius 3 is 2.62 bits per heavy atom. The minimum absolute atomic E-state index is 0.158. The van der Waals surface area contributed by atoms with Crippen molar-refractivity contribution in [2.75, 3.05) is 6.54 Å². The molecule has 1 saturated carbocycles. The maximum absolute atomic E-state index is 12.9. The first kappa shape index (κ1) is 17.0. The molecular formula is C19H23N3O4. The molecule has 7 heteroatoms. The fourth-order valence-electron chi connectivity index (χ4n) is 3.76. The minimum atomic E-state index is -0.596. The lowest BCUT2D eigenvalue weighted by molar-refractivity contribution is 0.0697. The highest BCUT2D eigenvalue weighted by atomic mass is 16.5. The zero-order valence-electron chi connectivity index (χ0n) is 14.8. The van der Waals surface area contributed by atoms with Gasteiger partial charge in [-0.2, -0.15) is 0 Å². The van der Waals surface area contributed by atoms with Crippen LogP contribution in [0.4, 0.5) is 0 Å². The normalized spacial score (nSPS) is 23.5. The van der Waals surface area contributed by atoms with E-state index in [4.69, 9.17) is 9.15 Å². The number of amides is 1. The van der Waals surface area contributed by atoms with Gasteiger partial charge in [0.25, 0.3) is 5.91 Å². The topological polar surface area (TPSA) is 88.7 Å². The number of carbonyl (C=O) groups excluding carboxylic acids is 1. The highest BCUT2D eigenvalue weighted by molar-refractivity contribution is 5.94. The summed E-state index contributed by atoms with van der Waals surface area (Å²) in [7, 11) is 0. The first-order valence-electron chi connectivity index (χ1n) is 9.16. The molecule has 0 radical (unpaired) electrons. The number of likely N-dealkylation sites (tertiary alicyclic amines) is 1. The molecule has 1 aromatic carbocycles. The Morgan fingerprint density at radius 2 is 1.96 bits per heavy atom. The van der Waals surface area contributed by atoms with Gasteiger partial charge in [0.05, 0.1) is 12.2 Å². The number of aromatic nitrogens is 2. The Kier molecular flexibility index (Phi) is 4.63. The number of β-amino-alcohol motifs (C(OH)–C–C–N with tert-alkyl or cyclic N) is 1. The second-order valence-corrected chi connectivity index (χ2v) is 7.07. The second kappa shape index (κ2) is 7.07. The van der Waals surface area contributed by atoms with Crippen molar-refractivity contribution in [3.8, 4) is 5.75 Å². The lowest BCUT2D eigenvalue weighted by atomic mass is 10.1. The standard InChI is InChI=1S/C19H23N3O4/c1-12-20-21-18(25-12)17-10-14(23)11-22(17)19(24)13-6-8-16(9-7-13)26-15-4-2-3-5-15/h6-9,14-15,17,23H,2-5,10-11H2,1H3/t14-,17-/m1/s1. The predicted molar refractivity (Wildman–Crippen MR) is 92.8 cm³/mol. The molecule has 138 valence electrons. The van der Waals surface area contributed by atoms with Gasteiger partial charge in [-0.25, -0.2) is 0 Å². The molecule has 2 aliphatic rings. The Bertz CT molecular complexity index is 767. The summed E-state index contributed by atoms with van der Waals surface area (Å²) in [6.07, 6.45) is 4.71. The summed E-state index contributed by atoms with van der Waals surface area (Å²) >= 11 is 0. The second-order valence-electron chi connectivity index (χ2n) is 7.07. The molecule has 2 heterocycles. The summed E-state index contributed by atoms with van der Waals surface area (Å²) in [5, 5.41) is 17.9. The summed E-state index contributed by atoms with van der Waals surface area (Å²) in [4.78, 5) is 14.5. The van der Waals surface area contributed by atoms with Crippen LogP contribution in [0.15, 0.2) is 28.7 Å². The summed E-state index contributed by atoms with van der Waals surface area (Å²) in [5.41, 5.74) is 0.555. The molecule has 1 N–H and O–H groups in total. The van der Waals surface area contributed by atoms with Gasteiger partial charge in [-0.3, -0.25) is 4.79 Å². The predicted octanol–water partition coefficient (Wildman–Crippen LogP) is 2.65. The van der Waals surface area contributed by atoms with Crippen LogP contribution in [-0.4, -0.2) is 44.9 Å². The van der Waals surface area contributed by atoms with Gasteiger partial charge in [-0.1, -0.05) is 0 Å². The lowest BCUT2D eigenvalue weighted by Gasteiger charge is -2.22. The zero-order chi connectivity index (χ0) is 18.1. The van der Waals surface area contributed by atoms with E-state index in [0.717, 1.165) is 18.6 Å². The maximum atomic E-state index is 12.9. The van der Waals surface area contributed by atoms with Gasteiger partial charge < -0.3 is 19.2 Å². The average Bonchev–Trinajstić information content (AvgIpc) is 3.36. The molecule has 0 spiro atoms. The Hall–Kier alpha value is -2.41. The van der Waals surface area contributed by atoms with Crippen molar-refractivity contribution >= 4 is 5.91 Å². The Balaban J connectivity index is 1.48. The van der Waals surface area contributed by atoms with E-state index >= 15 is 0 Å². The van der Waals surface area contributed by atoms with Crippen molar-refractivity contribution in [1.82, 2.24) is 15.1 Å². The molecule has 26 heavy (non-hydrogen) atoms. The monoisotopic (exact) mass is 357 g/mol. The highest BCUT2D eigenvalue weighted by Gasteiger charge is 2.38. The van der Waals surface area contributed by atoms with Crippen LogP contribution >= 0.6 is 0 Å². The lowest BCUT2D eigenvalue weighted by Crippen LogP contribution is -2.32. The smallest absolute Gasteiger partial charge is 0.254 e. The van der Waals surface area contributed by atoms with Crippen LogP contribution in [0.5, 0.6) is 5.75 Å². The summed E-state index contributed by atoms with van der Waals surface area (Å²) in [6.45, 7) is 1.96.